The Balaban J connectivity index is 1.44. The van der Waals surface area contributed by atoms with Gasteiger partial charge in [-0.3, -0.25) is 9.59 Å². The zero-order valence-electron chi connectivity index (χ0n) is 14.0. The van der Waals surface area contributed by atoms with Crippen molar-refractivity contribution in [2.45, 2.75) is 44.6 Å². The van der Waals surface area contributed by atoms with Crippen molar-refractivity contribution in [3.63, 3.8) is 0 Å². The van der Waals surface area contributed by atoms with Crippen molar-refractivity contribution in [3.05, 3.63) is 36.2 Å². The topological polar surface area (TPSA) is 97.1 Å². The van der Waals surface area contributed by atoms with Crippen LogP contribution in [0.3, 0.4) is 0 Å². The third kappa shape index (κ3) is 4.89. The van der Waals surface area contributed by atoms with Crippen LogP contribution in [0.25, 0.3) is 11.4 Å². The van der Waals surface area contributed by atoms with Crippen LogP contribution >= 0.6 is 0 Å². The fourth-order valence-corrected chi connectivity index (χ4v) is 2.80. The number of hydrogen-bond donors (Lipinski definition) is 2. The molecule has 0 unspecified atom stereocenters. The fraction of sp³-hybridized carbons (Fsp3) is 0.444. The summed E-state index contributed by atoms with van der Waals surface area (Å²) in [5.41, 5.74) is 0.898. The molecule has 1 aliphatic heterocycles. The van der Waals surface area contributed by atoms with Crippen molar-refractivity contribution >= 4 is 11.8 Å². The van der Waals surface area contributed by atoms with Crippen LogP contribution in [0, 0.1) is 0 Å². The number of nitrogens with zero attached hydrogens (tertiary/aromatic N) is 2. The Labute approximate surface area is 146 Å². The Morgan fingerprint density at radius 2 is 2.12 bits per heavy atom. The molecule has 1 aromatic heterocycles. The van der Waals surface area contributed by atoms with Gasteiger partial charge in [0.15, 0.2) is 0 Å². The van der Waals surface area contributed by atoms with Gasteiger partial charge < -0.3 is 15.2 Å². The van der Waals surface area contributed by atoms with E-state index in [1.807, 2.05) is 30.3 Å². The first-order valence-electron chi connectivity index (χ1n) is 8.67. The number of benzene rings is 1. The fourth-order valence-electron chi connectivity index (χ4n) is 2.80. The number of carbonyl (C=O) groups is 2. The van der Waals surface area contributed by atoms with Crippen molar-refractivity contribution < 1.29 is 14.1 Å². The molecule has 1 saturated heterocycles. The minimum atomic E-state index is -0.414. The molecular formula is C18H22N4O3. The first-order valence-corrected chi connectivity index (χ1v) is 8.67. The van der Waals surface area contributed by atoms with E-state index in [1.165, 1.54) is 0 Å². The van der Waals surface area contributed by atoms with E-state index in [2.05, 4.69) is 20.8 Å². The zero-order valence-corrected chi connectivity index (χ0v) is 14.0. The maximum absolute atomic E-state index is 12.0. The van der Waals surface area contributed by atoms with Gasteiger partial charge in [-0.1, -0.05) is 35.5 Å². The Kier molecular flexibility index (Phi) is 5.77. The maximum Gasteiger partial charge on any atom is 0.242 e. The van der Waals surface area contributed by atoms with Gasteiger partial charge in [-0.05, 0) is 25.7 Å². The number of amides is 2. The molecule has 0 spiro atoms. The molecule has 0 radical (unpaired) electrons. The molecule has 1 fully saturated rings. The SMILES string of the molecule is O=C(CCCc1nc(-c2ccccc2)no1)N[C@H]1CCCCNC1=O. The van der Waals surface area contributed by atoms with Gasteiger partial charge in [-0.2, -0.15) is 4.98 Å². The van der Waals surface area contributed by atoms with E-state index in [0.29, 0.717) is 43.9 Å². The second-order valence-corrected chi connectivity index (χ2v) is 6.14. The minimum Gasteiger partial charge on any atom is -0.354 e. The third-order valence-corrected chi connectivity index (χ3v) is 4.17. The molecule has 25 heavy (non-hydrogen) atoms. The van der Waals surface area contributed by atoms with Crippen LogP contribution in [-0.4, -0.2) is 34.5 Å². The van der Waals surface area contributed by atoms with Crippen LogP contribution in [0.1, 0.15) is 38.0 Å². The van der Waals surface area contributed by atoms with Gasteiger partial charge in [0.05, 0.1) is 0 Å². The van der Waals surface area contributed by atoms with Gasteiger partial charge in [0.25, 0.3) is 0 Å². The number of carbonyl (C=O) groups excluding carboxylic acids is 2. The molecule has 7 heteroatoms. The van der Waals surface area contributed by atoms with Gasteiger partial charge in [0.1, 0.15) is 6.04 Å². The Bertz CT molecular complexity index is 714. The zero-order chi connectivity index (χ0) is 17.5. The molecule has 7 nitrogen and oxygen atoms in total. The number of aromatic nitrogens is 2. The van der Waals surface area contributed by atoms with Crippen LogP contribution in [0.4, 0.5) is 0 Å². The van der Waals surface area contributed by atoms with Crippen molar-refractivity contribution in [2.24, 2.45) is 0 Å². The maximum atomic E-state index is 12.0. The molecule has 0 bridgehead atoms. The summed E-state index contributed by atoms with van der Waals surface area (Å²) in [5.74, 6) is 0.856. The first kappa shape index (κ1) is 17.1. The highest BCUT2D eigenvalue weighted by Gasteiger charge is 2.22. The largest absolute Gasteiger partial charge is 0.354 e. The third-order valence-electron chi connectivity index (χ3n) is 4.17. The van der Waals surface area contributed by atoms with E-state index in [0.717, 1.165) is 18.4 Å². The van der Waals surface area contributed by atoms with E-state index in [4.69, 9.17) is 4.52 Å². The highest BCUT2D eigenvalue weighted by Crippen LogP contribution is 2.15. The molecule has 1 aliphatic rings. The molecule has 2 N–H and O–H groups in total. The van der Waals surface area contributed by atoms with Crippen molar-refractivity contribution in [1.29, 1.82) is 0 Å². The number of hydrogen-bond acceptors (Lipinski definition) is 5. The van der Waals surface area contributed by atoms with E-state index < -0.39 is 6.04 Å². The lowest BCUT2D eigenvalue weighted by atomic mass is 10.1. The monoisotopic (exact) mass is 342 g/mol. The smallest absolute Gasteiger partial charge is 0.242 e. The molecule has 0 saturated carbocycles. The molecule has 0 aliphatic carbocycles. The van der Waals surface area contributed by atoms with E-state index in [9.17, 15) is 9.59 Å². The van der Waals surface area contributed by atoms with Gasteiger partial charge in [-0.25, -0.2) is 0 Å². The van der Waals surface area contributed by atoms with Crippen LogP contribution in [0.5, 0.6) is 0 Å². The van der Waals surface area contributed by atoms with Gasteiger partial charge in [0.2, 0.25) is 23.5 Å². The van der Waals surface area contributed by atoms with Crippen LogP contribution in [0.15, 0.2) is 34.9 Å². The summed E-state index contributed by atoms with van der Waals surface area (Å²) >= 11 is 0. The Morgan fingerprint density at radius 1 is 1.28 bits per heavy atom. The van der Waals surface area contributed by atoms with Crippen molar-refractivity contribution in [1.82, 2.24) is 20.8 Å². The lowest BCUT2D eigenvalue weighted by Crippen LogP contribution is -2.45. The van der Waals surface area contributed by atoms with E-state index >= 15 is 0 Å². The molecule has 2 amide bonds. The molecule has 1 aromatic carbocycles. The Morgan fingerprint density at radius 3 is 2.96 bits per heavy atom. The molecule has 2 aromatic rings. The molecule has 132 valence electrons. The highest BCUT2D eigenvalue weighted by molar-refractivity contribution is 5.87. The van der Waals surface area contributed by atoms with Gasteiger partial charge in [0, 0.05) is 24.9 Å². The van der Waals surface area contributed by atoms with Crippen molar-refractivity contribution in [3.8, 4) is 11.4 Å². The van der Waals surface area contributed by atoms with Crippen LogP contribution in [0.2, 0.25) is 0 Å². The van der Waals surface area contributed by atoms with Crippen molar-refractivity contribution in [2.75, 3.05) is 6.54 Å². The first-order chi connectivity index (χ1) is 12.2. The summed E-state index contributed by atoms with van der Waals surface area (Å²) in [6.45, 7) is 0.687. The minimum absolute atomic E-state index is 0.0877. The molecule has 3 rings (SSSR count). The lowest BCUT2D eigenvalue weighted by molar-refractivity contribution is -0.128. The van der Waals surface area contributed by atoms with Gasteiger partial charge in [-0.15, -0.1) is 0 Å². The normalized spacial score (nSPS) is 17.6. The average molecular weight is 342 g/mol. The predicted molar refractivity (Wildman–Crippen MR) is 91.5 cm³/mol. The lowest BCUT2D eigenvalue weighted by Gasteiger charge is -2.14. The average Bonchev–Trinajstić information content (AvgIpc) is 3.01. The summed E-state index contributed by atoms with van der Waals surface area (Å²) < 4.78 is 5.23. The molecule has 1 atom stereocenters. The number of nitrogens with one attached hydrogen (secondary N) is 2. The van der Waals surface area contributed by atoms with Crippen LogP contribution < -0.4 is 10.6 Å². The molecule has 2 heterocycles. The molecular weight excluding hydrogens is 320 g/mol. The summed E-state index contributed by atoms with van der Waals surface area (Å²) in [6.07, 6.45) is 4.04. The number of aryl methyl sites for hydroxylation is 1. The van der Waals surface area contributed by atoms with E-state index in [1.54, 1.807) is 0 Å². The van der Waals surface area contributed by atoms with Gasteiger partial charge >= 0.3 is 0 Å². The summed E-state index contributed by atoms with van der Waals surface area (Å²) in [7, 11) is 0. The number of rotatable bonds is 6. The predicted octanol–water partition coefficient (Wildman–Crippen LogP) is 1.84. The highest BCUT2D eigenvalue weighted by atomic mass is 16.5. The summed E-state index contributed by atoms with van der Waals surface area (Å²) in [4.78, 5) is 28.2. The van der Waals surface area contributed by atoms with Crippen LogP contribution in [-0.2, 0) is 16.0 Å². The second kappa shape index (κ2) is 8.41. The van der Waals surface area contributed by atoms with E-state index in [-0.39, 0.29) is 11.8 Å². The Hall–Kier alpha value is -2.70. The summed E-state index contributed by atoms with van der Waals surface area (Å²) in [5, 5.41) is 9.58. The summed E-state index contributed by atoms with van der Waals surface area (Å²) in [6, 6.07) is 9.18. The standard InChI is InChI=1S/C18H22N4O3/c23-15(20-14-9-4-5-12-19-18(14)24)10-6-11-16-21-17(22-25-16)13-7-2-1-3-8-13/h1-3,7-8,14H,4-6,9-12H2,(H,19,24)(H,20,23)/t14-/m0/s1. The quantitative estimate of drug-likeness (QED) is 0.835. The second-order valence-electron chi connectivity index (χ2n) is 6.14.